The first-order valence-electron chi connectivity index (χ1n) is 6.87. The lowest BCUT2D eigenvalue weighted by Crippen LogP contribution is -2.12. The zero-order valence-corrected chi connectivity index (χ0v) is 11.8. The van der Waals surface area contributed by atoms with Crippen LogP contribution in [0.3, 0.4) is 0 Å². The number of nitrogens with one attached hydrogen (secondary N) is 1. The Bertz CT molecular complexity index is 531. The summed E-state index contributed by atoms with van der Waals surface area (Å²) in [6.45, 7) is 4.73. The van der Waals surface area contributed by atoms with Gasteiger partial charge in [0, 0.05) is 13.0 Å². The van der Waals surface area contributed by atoms with Gasteiger partial charge in [0.2, 0.25) is 0 Å². The first kappa shape index (κ1) is 14.3. The van der Waals surface area contributed by atoms with Crippen LogP contribution < -0.4 is 5.32 Å². The Morgan fingerprint density at radius 1 is 1.40 bits per heavy atom. The minimum Gasteiger partial charge on any atom is -0.466 e. The summed E-state index contributed by atoms with van der Waals surface area (Å²) in [4.78, 5) is 23.2. The Labute approximate surface area is 118 Å². The molecule has 1 aliphatic rings. The van der Waals surface area contributed by atoms with Crippen LogP contribution in [-0.4, -0.2) is 24.9 Å². The summed E-state index contributed by atoms with van der Waals surface area (Å²) in [6.07, 6.45) is 2.40. The van der Waals surface area contributed by atoms with E-state index in [9.17, 15) is 9.59 Å². The highest BCUT2D eigenvalue weighted by molar-refractivity contribution is 6.00. The lowest BCUT2D eigenvalue weighted by atomic mass is 9.99. The maximum absolute atomic E-state index is 11.7. The fraction of sp³-hybridized carbons (Fsp3) is 0.375. The van der Waals surface area contributed by atoms with Gasteiger partial charge in [0.25, 0.3) is 0 Å². The minimum atomic E-state index is -0.275. The maximum atomic E-state index is 11.7. The first-order chi connectivity index (χ1) is 9.61. The molecule has 1 N–H and O–H groups in total. The maximum Gasteiger partial charge on any atom is 0.313 e. The van der Waals surface area contributed by atoms with Crippen LogP contribution in [0.1, 0.15) is 37.3 Å². The van der Waals surface area contributed by atoms with E-state index in [-0.39, 0.29) is 17.7 Å². The van der Waals surface area contributed by atoms with E-state index in [0.29, 0.717) is 25.3 Å². The van der Waals surface area contributed by atoms with Crippen LogP contribution in [0.25, 0.3) is 6.08 Å². The van der Waals surface area contributed by atoms with Crippen LogP contribution in [0.2, 0.25) is 0 Å². The van der Waals surface area contributed by atoms with Crippen LogP contribution in [0.5, 0.6) is 0 Å². The highest BCUT2D eigenvalue weighted by atomic mass is 16.5. The van der Waals surface area contributed by atoms with Gasteiger partial charge in [0.1, 0.15) is 0 Å². The normalized spacial score (nSPS) is 17.9. The number of carbonyl (C=O) groups is 2. The molecule has 4 heteroatoms. The van der Waals surface area contributed by atoms with Gasteiger partial charge in [0.05, 0.1) is 18.2 Å². The number of ether oxygens (including phenoxy) is 1. The van der Waals surface area contributed by atoms with Gasteiger partial charge in [0.15, 0.2) is 5.78 Å². The highest BCUT2D eigenvalue weighted by Gasteiger charge is 2.17. The SMILES string of the molecule is CCOC(=O)C(C)c1ccc(/C=C2\NCCC2=O)cc1. The van der Waals surface area contributed by atoms with Gasteiger partial charge in [-0.25, -0.2) is 0 Å². The van der Waals surface area contributed by atoms with Gasteiger partial charge in [-0.3, -0.25) is 9.59 Å². The number of Topliss-reactive ketones (excluding diaryl/α,β-unsaturated/α-hetero) is 1. The van der Waals surface area contributed by atoms with Crippen molar-refractivity contribution >= 4 is 17.8 Å². The molecule has 1 unspecified atom stereocenters. The number of ketones is 1. The Morgan fingerprint density at radius 3 is 2.65 bits per heavy atom. The van der Waals surface area contributed by atoms with Crippen molar-refractivity contribution in [3.63, 3.8) is 0 Å². The van der Waals surface area contributed by atoms with E-state index in [0.717, 1.165) is 11.1 Å². The number of allylic oxidation sites excluding steroid dienone is 1. The number of hydrogen-bond donors (Lipinski definition) is 1. The van der Waals surface area contributed by atoms with Crippen molar-refractivity contribution in [2.24, 2.45) is 0 Å². The third-order valence-electron chi connectivity index (χ3n) is 3.36. The molecular formula is C16H19NO3. The number of esters is 1. The van der Waals surface area contributed by atoms with Crippen molar-refractivity contribution in [3.8, 4) is 0 Å². The fourth-order valence-corrected chi connectivity index (χ4v) is 2.13. The Kier molecular flexibility index (Phi) is 4.56. The monoisotopic (exact) mass is 273 g/mol. The van der Waals surface area contributed by atoms with E-state index in [1.54, 1.807) is 6.92 Å². The smallest absolute Gasteiger partial charge is 0.313 e. The van der Waals surface area contributed by atoms with Crippen molar-refractivity contribution in [2.75, 3.05) is 13.2 Å². The molecule has 0 bridgehead atoms. The van der Waals surface area contributed by atoms with Gasteiger partial charge in [-0.1, -0.05) is 24.3 Å². The van der Waals surface area contributed by atoms with E-state index in [4.69, 9.17) is 4.74 Å². The molecule has 1 heterocycles. The molecule has 2 rings (SSSR count). The number of carbonyl (C=O) groups excluding carboxylic acids is 2. The zero-order chi connectivity index (χ0) is 14.5. The average Bonchev–Trinajstić information content (AvgIpc) is 2.85. The molecule has 20 heavy (non-hydrogen) atoms. The topological polar surface area (TPSA) is 55.4 Å². The van der Waals surface area contributed by atoms with Crippen LogP contribution in [-0.2, 0) is 14.3 Å². The molecule has 0 aromatic heterocycles. The number of hydrogen-bond acceptors (Lipinski definition) is 4. The van der Waals surface area contributed by atoms with Crippen molar-refractivity contribution in [1.29, 1.82) is 0 Å². The molecule has 0 amide bonds. The molecule has 1 atom stereocenters. The third kappa shape index (κ3) is 3.26. The molecule has 0 radical (unpaired) electrons. The summed E-state index contributed by atoms with van der Waals surface area (Å²) in [5.74, 6) is -0.344. The molecule has 1 fully saturated rings. The predicted octanol–water partition coefficient (Wildman–Crippen LogP) is 2.26. The van der Waals surface area contributed by atoms with Gasteiger partial charge < -0.3 is 10.1 Å². The van der Waals surface area contributed by atoms with E-state index < -0.39 is 0 Å². The Morgan fingerprint density at radius 2 is 2.10 bits per heavy atom. The summed E-state index contributed by atoms with van der Waals surface area (Å²) in [7, 11) is 0. The summed E-state index contributed by atoms with van der Waals surface area (Å²) < 4.78 is 5.00. The zero-order valence-electron chi connectivity index (χ0n) is 11.8. The van der Waals surface area contributed by atoms with Crippen molar-refractivity contribution in [2.45, 2.75) is 26.2 Å². The molecule has 4 nitrogen and oxygen atoms in total. The molecule has 1 aliphatic heterocycles. The summed E-state index contributed by atoms with van der Waals surface area (Å²) >= 11 is 0. The van der Waals surface area contributed by atoms with E-state index in [2.05, 4.69) is 5.32 Å². The van der Waals surface area contributed by atoms with E-state index >= 15 is 0 Å². The third-order valence-corrected chi connectivity index (χ3v) is 3.36. The lowest BCUT2D eigenvalue weighted by Gasteiger charge is -2.10. The molecule has 106 valence electrons. The van der Waals surface area contributed by atoms with Gasteiger partial charge in [-0.2, -0.15) is 0 Å². The first-order valence-corrected chi connectivity index (χ1v) is 6.87. The highest BCUT2D eigenvalue weighted by Crippen LogP contribution is 2.19. The summed E-state index contributed by atoms with van der Waals surface area (Å²) in [5, 5.41) is 3.06. The van der Waals surface area contributed by atoms with E-state index in [1.165, 1.54) is 0 Å². The van der Waals surface area contributed by atoms with Gasteiger partial charge >= 0.3 is 5.97 Å². The predicted molar refractivity (Wildman–Crippen MR) is 77.1 cm³/mol. The molecule has 0 saturated carbocycles. The quantitative estimate of drug-likeness (QED) is 0.675. The molecule has 0 spiro atoms. The fourth-order valence-electron chi connectivity index (χ4n) is 2.13. The standard InChI is InChI=1S/C16H19NO3/c1-3-20-16(19)11(2)13-6-4-12(5-7-13)10-14-15(18)8-9-17-14/h4-7,10-11,17H,3,8-9H2,1-2H3/b14-10-. The molecule has 1 aromatic carbocycles. The van der Waals surface area contributed by atoms with Crippen LogP contribution in [0.4, 0.5) is 0 Å². The van der Waals surface area contributed by atoms with Gasteiger partial charge in [-0.15, -0.1) is 0 Å². The van der Waals surface area contributed by atoms with Gasteiger partial charge in [-0.05, 0) is 31.1 Å². The lowest BCUT2D eigenvalue weighted by molar-refractivity contribution is -0.144. The second-order valence-electron chi connectivity index (χ2n) is 4.80. The molecule has 1 saturated heterocycles. The Balaban J connectivity index is 2.10. The minimum absolute atomic E-state index is 0.147. The average molecular weight is 273 g/mol. The van der Waals surface area contributed by atoms with Crippen molar-refractivity contribution in [1.82, 2.24) is 5.32 Å². The van der Waals surface area contributed by atoms with Crippen LogP contribution >= 0.6 is 0 Å². The van der Waals surface area contributed by atoms with E-state index in [1.807, 2.05) is 37.3 Å². The second-order valence-corrected chi connectivity index (χ2v) is 4.80. The number of rotatable bonds is 4. The van der Waals surface area contributed by atoms with Crippen molar-refractivity contribution in [3.05, 3.63) is 41.1 Å². The largest absolute Gasteiger partial charge is 0.466 e. The molecule has 1 aromatic rings. The second kappa shape index (κ2) is 6.37. The van der Waals surface area contributed by atoms with Crippen molar-refractivity contribution < 1.29 is 14.3 Å². The van der Waals surface area contributed by atoms with Crippen LogP contribution in [0.15, 0.2) is 30.0 Å². The molecule has 0 aliphatic carbocycles. The summed E-state index contributed by atoms with van der Waals surface area (Å²) in [6, 6.07) is 7.61. The van der Waals surface area contributed by atoms with Crippen LogP contribution in [0, 0.1) is 0 Å². The Hall–Kier alpha value is -2.10. The molecular weight excluding hydrogens is 254 g/mol. The number of benzene rings is 1. The summed E-state index contributed by atoms with van der Waals surface area (Å²) in [5.41, 5.74) is 2.52.